The molecule has 0 amide bonds. The number of aryl methyl sites for hydroxylation is 2. The fourth-order valence-corrected chi connectivity index (χ4v) is 3.87. The van der Waals surface area contributed by atoms with E-state index in [1.54, 1.807) is 48.5 Å². The van der Waals surface area contributed by atoms with E-state index in [9.17, 15) is 16.8 Å². The third-order valence-electron chi connectivity index (χ3n) is 3.42. The fourth-order valence-electron chi connectivity index (χ4n) is 1.92. The molecule has 2 aromatic rings. The third kappa shape index (κ3) is 9.83. The summed E-state index contributed by atoms with van der Waals surface area (Å²) in [4.78, 5) is 0.438. The minimum absolute atomic E-state index is 0. The molecule has 0 atom stereocenters. The molecule has 0 unspecified atom stereocenters. The van der Waals surface area contributed by atoms with Gasteiger partial charge in [-0.15, -0.1) is 13.1 Å². The van der Waals surface area contributed by atoms with Gasteiger partial charge in [0.2, 0.25) is 0 Å². The molecule has 0 aliphatic carbocycles. The second-order valence-corrected chi connectivity index (χ2v) is 9.22. The zero-order valence-electron chi connectivity index (χ0n) is 16.2. The summed E-state index contributed by atoms with van der Waals surface area (Å²) in [5.41, 5.74) is 12.4. The first kappa shape index (κ1) is 27.7. The molecule has 0 aliphatic heterocycles. The third-order valence-corrected chi connectivity index (χ3v) is 6.20. The molecular formula is C18H26CuN4O4S2. The van der Waals surface area contributed by atoms with E-state index in [-0.39, 0.29) is 53.0 Å². The van der Waals surface area contributed by atoms with Gasteiger partial charge in [-0.2, -0.15) is 0 Å². The summed E-state index contributed by atoms with van der Waals surface area (Å²) in [6, 6.07) is 13.1. The van der Waals surface area contributed by atoms with Crippen molar-refractivity contribution in [2.24, 2.45) is 11.5 Å². The number of nitrogens with zero attached hydrogens (tertiary/aromatic N) is 2. The Hall–Kier alpha value is -1.30. The Morgan fingerprint density at radius 2 is 0.931 bits per heavy atom. The van der Waals surface area contributed by atoms with Gasteiger partial charge in [0.25, 0.3) is 0 Å². The van der Waals surface area contributed by atoms with Gasteiger partial charge in [0.15, 0.2) is 0 Å². The number of benzene rings is 2. The fraction of sp³-hybridized carbons (Fsp3) is 0.333. The van der Waals surface area contributed by atoms with Crippen molar-refractivity contribution in [3.63, 3.8) is 0 Å². The number of hydrogen-bond acceptors (Lipinski definition) is 6. The minimum atomic E-state index is -3.49. The van der Waals surface area contributed by atoms with Crippen molar-refractivity contribution in [2.45, 2.75) is 23.6 Å². The van der Waals surface area contributed by atoms with Crippen LogP contribution in [0.4, 0.5) is 0 Å². The standard InChI is InChI=1S/2C9H13N2O2S.Cu/c2*1-8-2-4-9(5-3-8)14(12,13)11-7-6-10;/h2*2-5H,6-7,10H2,1H3;/q2*-1;+2. The molecule has 2 rings (SSSR count). The summed E-state index contributed by atoms with van der Waals surface area (Å²) < 4.78 is 53.0. The maximum atomic E-state index is 11.5. The maximum absolute atomic E-state index is 11.5. The molecule has 0 bridgehead atoms. The monoisotopic (exact) mass is 489 g/mol. The summed E-state index contributed by atoms with van der Waals surface area (Å²) in [5.74, 6) is 0. The molecule has 0 spiro atoms. The number of sulfonamides is 2. The topological polar surface area (TPSA) is 149 Å². The largest absolute Gasteiger partial charge is 2.00 e. The second-order valence-electron chi connectivity index (χ2n) is 5.86. The number of nitrogens with two attached hydrogens (primary N) is 2. The van der Waals surface area contributed by atoms with Gasteiger partial charge >= 0.3 is 17.1 Å². The minimum Gasteiger partial charge on any atom is -0.544 e. The zero-order valence-corrected chi connectivity index (χ0v) is 18.8. The van der Waals surface area contributed by atoms with E-state index >= 15 is 0 Å². The van der Waals surface area contributed by atoms with Crippen LogP contribution in [0.15, 0.2) is 58.3 Å². The van der Waals surface area contributed by atoms with E-state index in [4.69, 9.17) is 11.5 Å². The van der Waals surface area contributed by atoms with Gasteiger partial charge in [0, 0.05) is 9.79 Å². The first-order valence-electron chi connectivity index (χ1n) is 8.53. The number of rotatable bonds is 8. The molecule has 1 radical (unpaired) electrons. The average Bonchev–Trinajstić information content (AvgIpc) is 2.66. The van der Waals surface area contributed by atoms with Crippen LogP contribution in [0.3, 0.4) is 0 Å². The molecule has 11 heteroatoms. The van der Waals surface area contributed by atoms with Gasteiger partial charge in [-0.1, -0.05) is 35.4 Å². The summed E-state index contributed by atoms with van der Waals surface area (Å²) in [6.45, 7) is 4.55. The first-order chi connectivity index (χ1) is 13.1. The van der Waals surface area contributed by atoms with Gasteiger partial charge in [0.1, 0.15) is 20.0 Å². The van der Waals surface area contributed by atoms with Gasteiger partial charge in [-0.05, 0) is 51.2 Å². The Kier molecular flexibility index (Phi) is 12.5. The van der Waals surface area contributed by atoms with Crippen molar-refractivity contribution in [1.82, 2.24) is 0 Å². The molecule has 4 N–H and O–H groups in total. The Morgan fingerprint density at radius 1 is 0.655 bits per heavy atom. The van der Waals surface area contributed by atoms with Gasteiger partial charge in [-0.25, -0.2) is 16.8 Å². The van der Waals surface area contributed by atoms with Crippen LogP contribution in [0.1, 0.15) is 11.1 Å². The van der Waals surface area contributed by atoms with Crippen molar-refractivity contribution in [2.75, 3.05) is 26.2 Å². The van der Waals surface area contributed by atoms with Crippen LogP contribution in [0.5, 0.6) is 0 Å². The molecule has 0 saturated heterocycles. The second kappa shape index (κ2) is 13.1. The van der Waals surface area contributed by atoms with Crippen LogP contribution in [0, 0.1) is 13.8 Å². The Balaban J connectivity index is 0.000000523. The summed E-state index contributed by atoms with van der Waals surface area (Å²) in [6.07, 6.45) is 0. The van der Waals surface area contributed by atoms with Crippen molar-refractivity contribution >= 4 is 20.0 Å². The zero-order chi connectivity index (χ0) is 21.2. The predicted octanol–water partition coefficient (Wildman–Crippen LogP) is 2.03. The predicted molar refractivity (Wildman–Crippen MR) is 111 cm³/mol. The smallest absolute Gasteiger partial charge is 0.544 e. The molecular weight excluding hydrogens is 464 g/mol. The van der Waals surface area contributed by atoms with Crippen molar-refractivity contribution in [1.29, 1.82) is 0 Å². The van der Waals surface area contributed by atoms with E-state index in [0.717, 1.165) is 11.1 Å². The summed E-state index contributed by atoms with van der Waals surface area (Å²) in [7, 11) is -6.99. The molecule has 29 heavy (non-hydrogen) atoms. The Morgan fingerprint density at radius 3 is 1.17 bits per heavy atom. The van der Waals surface area contributed by atoms with Gasteiger partial charge < -0.3 is 20.9 Å². The Labute approximate surface area is 184 Å². The summed E-state index contributed by atoms with van der Waals surface area (Å²) in [5, 5.41) is 0. The van der Waals surface area contributed by atoms with E-state index in [0.29, 0.717) is 0 Å². The average molecular weight is 490 g/mol. The van der Waals surface area contributed by atoms with Crippen LogP contribution in [0.2, 0.25) is 0 Å². The molecule has 0 fully saturated rings. The SMILES string of the molecule is Cc1ccc(S(=O)(=O)[N-]CCN)cc1.Cc1ccc(S(=O)(=O)[N-]CCN)cc1.[Cu+2]. The molecule has 0 aliphatic rings. The van der Waals surface area contributed by atoms with E-state index in [2.05, 4.69) is 9.44 Å². The molecule has 0 aromatic heterocycles. The van der Waals surface area contributed by atoms with Crippen LogP contribution in [-0.2, 0) is 37.1 Å². The molecule has 0 saturated carbocycles. The maximum Gasteiger partial charge on any atom is 2.00 e. The van der Waals surface area contributed by atoms with Gasteiger partial charge in [0.05, 0.1) is 0 Å². The van der Waals surface area contributed by atoms with Crippen molar-refractivity contribution in [3.8, 4) is 0 Å². The van der Waals surface area contributed by atoms with Crippen LogP contribution >= 0.6 is 0 Å². The molecule has 8 nitrogen and oxygen atoms in total. The van der Waals surface area contributed by atoms with Crippen LogP contribution in [-0.4, -0.2) is 43.0 Å². The van der Waals surface area contributed by atoms with E-state index in [1.807, 2.05) is 13.8 Å². The Bertz CT molecular complexity index is 853. The molecule has 0 heterocycles. The molecule has 2 aromatic carbocycles. The normalized spacial score (nSPS) is 11.2. The summed E-state index contributed by atoms with van der Waals surface area (Å²) >= 11 is 0. The first-order valence-corrected chi connectivity index (χ1v) is 11.4. The van der Waals surface area contributed by atoms with E-state index in [1.165, 1.54) is 0 Å². The van der Waals surface area contributed by atoms with Crippen LogP contribution in [0.25, 0.3) is 9.44 Å². The van der Waals surface area contributed by atoms with E-state index < -0.39 is 20.0 Å². The number of hydrogen-bond donors (Lipinski definition) is 2. The quantitative estimate of drug-likeness (QED) is 0.541. The van der Waals surface area contributed by atoms with Gasteiger partial charge in [-0.3, -0.25) is 0 Å². The van der Waals surface area contributed by atoms with Crippen LogP contribution < -0.4 is 11.5 Å². The van der Waals surface area contributed by atoms with Crippen molar-refractivity contribution in [3.05, 3.63) is 69.1 Å². The van der Waals surface area contributed by atoms with Crippen molar-refractivity contribution < 1.29 is 33.9 Å². The molecule has 165 valence electrons.